The standard InChI is InChI=1S/C10H17ClN2O3/c1-8-7-13(5-2-6-16-8)10(15)12-9(14)3-4-11/h8H,2-7H2,1H3,(H,12,14,15). The number of carbonyl (C=O) groups is 2. The van der Waals surface area contributed by atoms with Crippen LogP contribution in [0.3, 0.4) is 0 Å². The predicted octanol–water partition coefficient (Wildman–Crippen LogP) is 0.962. The van der Waals surface area contributed by atoms with Gasteiger partial charge in [-0.2, -0.15) is 0 Å². The zero-order chi connectivity index (χ0) is 12.0. The number of hydrogen-bond donors (Lipinski definition) is 1. The SMILES string of the molecule is CC1CN(C(=O)NC(=O)CCCl)CCCO1. The van der Waals surface area contributed by atoms with Gasteiger partial charge in [-0.15, -0.1) is 11.6 Å². The van der Waals surface area contributed by atoms with E-state index in [4.69, 9.17) is 16.3 Å². The molecule has 16 heavy (non-hydrogen) atoms. The number of nitrogens with zero attached hydrogens (tertiary/aromatic N) is 1. The van der Waals surface area contributed by atoms with E-state index in [2.05, 4.69) is 5.32 Å². The molecule has 1 aliphatic rings. The molecule has 1 heterocycles. The van der Waals surface area contributed by atoms with E-state index in [0.29, 0.717) is 19.7 Å². The van der Waals surface area contributed by atoms with Gasteiger partial charge in [0.05, 0.1) is 6.10 Å². The normalized spacial score (nSPS) is 21.4. The van der Waals surface area contributed by atoms with Gasteiger partial charge in [-0.05, 0) is 13.3 Å². The van der Waals surface area contributed by atoms with Gasteiger partial charge in [0.25, 0.3) is 0 Å². The van der Waals surface area contributed by atoms with E-state index in [1.807, 2.05) is 6.92 Å². The molecule has 1 fully saturated rings. The molecule has 0 aromatic heterocycles. The first-order valence-electron chi connectivity index (χ1n) is 5.40. The van der Waals surface area contributed by atoms with E-state index in [1.165, 1.54) is 0 Å². The topological polar surface area (TPSA) is 58.6 Å². The molecule has 1 rings (SSSR count). The van der Waals surface area contributed by atoms with Gasteiger partial charge in [-0.3, -0.25) is 10.1 Å². The highest BCUT2D eigenvalue weighted by Gasteiger charge is 2.20. The van der Waals surface area contributed by atoms with Crippen LogP contribution in [0.25, 0.3) is 0 Å². The van der Waals surface area contributed by atoms with Crippen LogP contribution in [-0.2, 0) is 9.53 Å². The van der Waals surface area contributed by atoms with E-state index in [0.717, 1.165) is 6.42 Å². The summed E-state index contributed by atoms with van der Waals surface area (Å²) < 4.78 is 5.41. The van der Waals surface area contributed by atoms with E-state index in [1.54, 1.807) is 4.90 Å². The number of alkyl halides is 1. The van der Waals surface area contributed by atoms with Crippen molar-refractivity contribution in [1.29, 1.82) is 0 Å². The fraction of sp³-hybridized carbons (Fsp3) is 0.800. The first-order chi connectivity index (χ1) is 7.63. The number of ether oxygens (including phenoxy) is 1. The smallest absolute Gasteiger partial charge is 0.324 e. The quantitative estimate of drug-likeness (QED) is 0.741. The molecule has 3 amide bonds. The molecule has 0 aromatic rings. The number of rotatable bonds is 2. The van der Waals surface area contributed by atoms with Gasteiger partial charge >= 0.3 is 6.03 Å². The van der Waals surface area contributed by atoms with Crippen LogP contribution in [0, 0.1) is 0 Å². The van der Waals surface area contributed by atoms with Gasteiger partial charge in [-0.1, -0.05) is 0 Å². The lowest BCUT2D eigenvalue weighted by molar-refractivity contribution is -0.119. The largest absolute Gasteiger partial charge is 0.377 e. The van der Waals surface area contributed by atoms with Gasteiger partial charge < -0.3 is 9.64 Å². The number of halogens is 1. The Morgan fingerprint density at radius 3 is 3.00 bits per heavy atom. The first kappa shape index (κ1) is 13.3. The highest BCUT2D eigenvalue weighted by atomic mass is 35.5. The molecule has 0 bridgehead atoms. The average Bonchev–Trinajstić information content (AvgIpc) is 2.43. The summed E-state index contributed by atoms with van der Waals surface area (Å²) in [5.41, 5.74) is 0. The van der Waals surface area contributed by atoms with Crippen LogP contribution < -0.4 is 5.32 Å². The van der Waals surface area contributed by atoms with Gasteiger partial charge in [0, 0.05) is 32.0 Å². The minimum atomic E-state index is -0.354. The third-order valence-electron chi connectivity index (χ3n) is 2.31. The van der Waals surface area contributed by atoms with Crippen molar-refractivity contribution in [3.8, 4) is 0 Å². The third kappa shape index (κ3) is 4.37. The highest BCUT2D eigenvalue weighted by molar-refractivity contribution is 6.19. The summed E-state index contributed by atoms with van der Waals surface area (Å²) in [6.45, 7) is 3.69. The van der Waals surface area contributed by atoms with Crippen LogP contribution in [0.15, 0.2) is 0 Å². The monoisotopic (exact) mass is 248 g/mol. The maximum atomic E-state index is 11.7. The van der Waals surface area contributed by atoms with E-state index in [9.17, 15) is 9.59 Å². The van der Waals surface area contributed by atoms with Crippen molar-refractivity contribution >= 4 is 23.5 Å². The molecule has 0 aromatic carbocycles. The average molecular weight is 249 g/mol. The highest BCUT2D eigenvalue weighted by Crippen LogP contribution is 2.05. The second-order valence-corrected chi connectivity index (χ2v) is 4.15. The van der Waals surface area contributed by atoms with Crippen molar-refractivity contribution in [2.75, 3.05) is 25.6 Å². The Morgan fingerprint density at radius 2 is 2.31 bits per heavy atom. The zero-order valence-corrected chi connectivity index (χ0v) is 10.1. The van der Waals surface area contributed by atoms with Crippen LogP contribution in [0.5, 0.6) is 0 Å². The van der Waals surface area contributed by atoms with Crippen LogP contribution in [-0.4, -0.2) is 48.5 Å². The van der Waals surface area contributed by atoms with E-state index in [-0.39, 0.29) is 30.3 Å². The Morgan fingerprint density at radius 1 is 1.56 bits per heavy atom. The van der Waals surface area contributed by atoms with Crippen LogP contribution in [0.4, 0.5) is 4.79 Å². The summed E-state index contributed by atoms with van der Waals surface area (Å²) in [7, 11) is 0. The molecule has 0 aliphatic carbocycles. The Balaban J connectivity index is 2.42. The zero-order valence-electron chi connectivity index (χ0n) is 9.37. The Bertz CT molecular complexity index is 260. The number of amides is 3. The second-order valence-electron chi connectivity index (χ2n) is 3.77. The molecule has 92 valence electrons. The molecule has 0 spiro atoms. The van der Waals surface area contributed by atoms with Crippen molar-refractivity contribution in [3.63, 3.8) is 0 Å². The van der Waals surface area contributed by atoms with Crippen LogP contribution >= 0.6 is 11.6 Å². The van der Waals surface area contributed by atoms with Gasteiger partial charge in [0.2, 0.25) is 5.91 Å². The molecule has 0 saturated carbocycles. The third-order valence-corrected chi connectivity index (χ3v) is 2.50. The van der Waals surface area contributed by atoms with Crippen molar-refractivity contribution in [1.82, 2.24) is 10.2 Å². The summed E-state index contributed by atoms with van der Waals surface area (Å²) in [4.78, 5) is 24.5. The summed E-state index contributed by atoms with van der Waals surface area (Å²) in [5, 5.41) is 2.31. The molecule has 1 atom stereocenters. The number of urea groups is 1. The van der Waals surface area contributed by atoms with Crippen molar-refractivity contribution < 1.29 is 14.3 Å². The fourth-order valence-electron chi connectivity index (χ4n) is 1.53. The molecule has 1 N–H and O–H groups in total. The summed E-state index contributed by atoms with van der Waals surface area (Å²) in [6, 6.07) is -0.354. The second kappa shape index (κ2) is 6.70. The molecule has 1 saturated heterocycles. The molecule has 5 nitrogen and oxygen atoms in total. The molecule has 1 aliphatic heterocycles. The van der Waals surface area contributed by atoms with Crippen LogP contribution in [0.1, 0.15) is 19.8 Å². The molecular weight excluding hydrogens is 232 g/mol. The minimum absolute atomic E-state index is 0.0105. The van der Waals surface area contributed by atoms with Crippen molar-refractivity contribution in [2.45, 2.75) is 25.9 Å². The lowest BCUT2D eigenvalue weighted by Gasteiger charge is -2.21. The van der Waals surface area contributed by atoms with Gasteiger partial charge in [-0.25, -0.2) is 4.79 Å². The maximum Gasteiger partial charge on any atom is 0.324 e. The van der Waals surface area contributed by atoms with Crippen molar-refractivity contribution in [3.05, 3.63) is 0 Å². The van der Waals surface area contributed by atoms with Crippen LogP contribution in [0.2, 0.25) is 0 Å². The molecule has 1 unspecified atom stereocenters. The maximum absolute atomic E-state index is 11.7. The number of imide groups is 1. The Hall–Kier alpha value is -0.810. The Labute approximate surface area is 100 Å². The lowest BCUT2D eigenvalue weighted by atomic mass is 10.3. The number of hydrogen-bond acceptors (Lipinski definition) is 3. The number of carbonyl (C=O) groups excluding carboxylic acids is 2. The fourth-order valence-corrected chi connectivity index (χ4v) is 1.70. The van der Waals surface area contributed by atoms with Gasteiger partial charge in [0.15, 0.2) is 0 Å². The Kier molecular flexibility index (Phi) is 5.55. The van der Waals surface area contributed by atoms with Gasteiger partial charge in [0.1, 0.15) is 0 Å². The van der Waals surface area contributed by atoms with E-state index >= 15 is 0 Å². The lowest BCUT2D eigenvalue weighted by Crippen LogP contribution is -2.45. The summed E-state index contributed by atoms with van der Waals surface area (Å²) >= 11 is 5.41. The van der Waals surface area contributed by atoms with E-state index < -0.39 is 0 Å². The predicted molar refractivity (Wildman–Crippen MR) is 60.5 cm³/mol. The molecular formula is C10H17ClN2O3. The summed E-state index contributed by atoms with van der Waals surface area (Å²) in [6.07, 6.45) is 0.964. The minimum Gasteiger partial charge on any atom is -0.377 e. The molecule has 0 radical (unpaired) electrons. The summed E-state index contributed by atoms with van der Waals surface area (Å²) in [5.74, 6) is -0.114. The molecule has 6 heteroatoms. The first-order valence-corrected chi connectivity index (χ1v) is 5.93. The van der Waals surface area contributed by atoms with Crippen molar-refractivity contribution in [2.24, 2.45) is 0 Å². The number of nitrogens with one attached hydrogen (secondary N) is 1.